The van der Waals surface area contributed by atoms with E-state index in [1.165, 1.54) is 21.8 Å². The highest BCUT2D eigenvalue weighted by atomic mass is 15.0. The van der Waals surface area contributed by atoms with Crippen molar-refractivity contribution in [1.29, 1.82) is 0 Å². The summed E-state index contributed by atoms with van der Waals surface area (Å²) in [5, 5.41) is 2.38. The Morgan fingerprint density at radius 3 is 2.06 bits per heavy atom. The third kappa shape index (κ3) is 1.42. The molecule has 0 N–H and O–H groups in total. The summed E-state index contributed by atoms with van der Waals surface area (Å²) < 4.78 is 2.38. The van der Waals surface area contributed by atoms with E-state index in [1.54, 1.807) is 0 Å². The Kier molecular flexibility index (Phi) is 2.32. The van der Waals surface area contributed by atoms with Gasteiger partial charge < -0.3 is 4.57 Å². The molecule has 0 saturated heterocycles. The fourth-order valence-corrected chi connectivity index (χ4v) is 2.40. The van der Waals surface area contributed by atoms with Crippen molar-refractivity contribution in [3.8, 4) is 0 Å². The minimum Gasteiger partial charge on any atom is -0.337 e. The number of nitrogens with zero attached hydrogens (tertiary/aromatic N) is 3. The lowest BCUT2D eigenvalue weighted by Crippen LogP contribution is -2.02. The summed E-state index contributed by atoms with van der Waals surface area (Å²) in [6.45, 7) is 4.46. The second kappa shape index (κ2) is 3.84. The molecule has 1 atom stereocenters. The summed E-state index contributed by atoms with van der Waals surface area (Å²) in [5.41, 5.74) is 2.50. The minimum atomic E-state index is 0.486. The third-order valence-corrected chi connectivity index (χ3v) is 3.44. The van der Waals surface area contributed by atoms with Crippen LogP contribution in [0.15, 0.2) is 36.9 Å². The monoisotopic (exact) mass is 225 g/mol. The summed E-state index contributed by atoms with van der Waals surface area (Å²) in [6, 6.07) is 4.66. The zero-order valence-corrected chi connectivity index (χ0v) is 10.1. The maximum absolute atomic E-state index is 4.22. The lowest BCUT2D eigenvalue weighted by atomic mass is 10.2. The molecule has 0 aliphatic carbocycles. The van der Waals surface area contributed by atoms with Gasteiger partial charge >= 0.3 is 0 Å². The third-order valence-electron chi connectivity index (χ3n) is 3.44. The van der Waals surface area contributed by atoms with Crippen molar-refractivity contribution >= 4 is 21.8 Å². The minimum absolute atomic E-state index is 0.486. The zero-order chi connectivity index (χ0) is 11.8. The smallest absolute Gasteiger partial charge is 0.0525 e. The van der Waals surface area contributed by atoms with Crippen LogP contribution < -0.4 is 0 Å². The molecule has 3 rings (SSSR count). The van der Waals surface area contributed by atoms with E-state index < -0.39 is 0 Å². The lowest BCUT2D eigenvalue weighted by Gasteiger charge is -2.14. The van der Waals surface area contributed by atoms with Crippen LogP contribution in [-0.4, -0.2) is 14.5 Å². The quantitative estimate of drug-likeness (QED) is 0.667. The van der Waals surface area contributed by atoms with Crippen LogP contribution in [0.5, 0.6) is 0 Å². The van der Waals surface area contributed by atoms with E-state index in [9.17, 15) is 0 Å². The molecule has 3 aromatic heterocycles. The van der Waals surface area contributed by atoms with Crippen LogP contribution in [0.1, 0.15) is 26.3 Å². The Morgan fingerprint density at radius 2 is 1.59 bits per heavy atom. The predicted octanol–water partition coefficient (Wildman–Crippen LogP) is 3.56. The van der Waals surface area contributed by atoms with Gasteiger partial charge in [-0.1, -0.05) is 6.92 Å². The first-order valence-corrected chi connectivity index (χ1v) is 6.00. The molecule has 0 amide bonds. The molecule has 3 aromatic rings. The van der Waals surface area contributed by atoms with E-state index in [2.05, 4.69) is 40.5 Å². The van der Waals surface area contributed by atoms with Crippen LogP contribution >= 0.6 is 0 Å². The van der Waals surface area contributed by atoms with Crippen molar-refractivity contribution in [2.45, 2.75) is 26.3 Å². The van der Waals surface area contributed by atoms with Crippen LogP contribution in [-0.2, 0) is 0 Å². The molecule has 3 heterocycles. The number of rotatable bonds is 2. The summed E-state index contributed by atoms with van der Waals surface area (Å²) in [7, 11) is 0. The van der Waals surface area contributed by atoms with E-state index in [0.29, 0.717) is 6.04 Å². The number of hydrogen-bond donors (Lipinski definition) is 0. The van der Waals surface area contributed by atoms with Crippen molar-refractivity contribution in [1.82, 2.24) is 14.5 Å². The molecular weight excluding hydrogens is 210 g/mol. The highest BCUT2D eigenvalue weighted by Crippen LogP contribution is 2.31. The maximum Gasteiger partial charge on any atom is 0.0525 e. The molecule has 0 aliphatic rings. The van der Waals surface area contributed by atoms with Crippen LogP contribution in [0.2, 0.25) is 0 Å². The molecular formula is C14H15N3. The second-order valence-electron chi connectivity index (χ2n) is 4.41. The molecule has 86 valence electrons. The van der Waals surface area contributed by atoms with Gasteiger partial charge in [0.1, 0.15) is 0 Å². The van der Waals surface area contributed by atoms with Crippen molar-refractivity contribution in [2.75, 3.05) is 0 Å². The van der Waals surface area contributed by atoms with Gasteiger partial charge in [0, 0.05) is 41.6 Å². The predicted molar refractivity (Wildman–Crippen MR) is 70.0 cm³/mol. The first kappa shape index (κ1) is 10.3. The molecule has 1 unspecified atom stereocenters. The van der Waals surface area contributed by atoms with Crippen LogP contribution in [0, 0.1) is 0 Å². The average Bonchev–Trinajstić information content (AvgIpc) is 2.72. The second-order valence-corrected chi connectivity index (χ2v) is 4.41. The van der Waals surface area contributed by atoms with Crippen molar-refractivity contribution in [2.24, 2.45) is 0 Å². The van der Waals surface area contributed by atoms with E-state index in [1.807, 2.05) is 24.8 Å². The van der Waals surface area contributed by atoms with Crippen LogP contribution in [0.25, 0.3) is 21.8 Å². The van der Waals surface area contributed by atoms with Crippen molar-refractivity contribution < 1.29 is 0 Å². The van der Waals surface area contributed by atoms with Gasteiger partial charge in [-0.05, 0) is 25.5 Å². The molecule has 0 spiro atoms. The molecule has 0 fully saturated rings. The summed E-state index contributed by atoms with van der Waals surface area (Å²) >= 11 is 0. The summed E-state index contributed by atoms with van der Waals surface area (Å²) in [6.07, 6.45) is 8.68. The fourth-order valence-electron chi connectivity index (χ4n) is 2.40. The molecule has 0 aromatic carbocycles. The first-order chi connectivity index (χ1) is 8.33. The van der Waals surface area contributed by atoms with Gasteiger partial charge in [0.05, 0.1) is 11.0 Å². The largest absolute Gasteiger partial charge is 0.337 e. The molecule has 3 nitrogen and oxygen atoms in total. The Balaban J connectivity index is 2.50. The molecule has 0 saturated carbocycles. The van der Waals surface area contributed by atoms with Gasteiger partial charge in [-0.2, -0.15) is 0 Å². The van der Waals surface area contributed by atoms with E-state index in [0.717, 1.165) is 6.42 Å². The van der Waals surface area contributed by atoms with Crippen molar-refractivity contribution in [3.63, 3.8) is 0 Å². The SMILES string of the molecule is CCC(C)n1c2ccncc2c2cnccc21. The lowest BCUT2D eigenvalue weighted by molar-refractivity contribution is 0.563. The first-order valence-electron chi connectivity index (χ1n) is 6.00. The van der Waals surface area contributed by atoms with Gasteiger partial charge in [0.15, 0.2) is 0 Å². The Labute approximate surface area is 100 Å². The van der Waals surface area contributed by atoms with Gasteiger partial charge in [-0.15, -0.1) is 0 Å². The molecule has 0 aliphatic heterocycles. The van der Waals surface area contributed by atoms with Gasteiger partial charge in [0.25, 0.3) is 0 Å². The summed E-state index contributed by atoms with van der Waals surface area (Å²) in [5.74, 6) is 0. The molecule has 0 bridgehead atoms. The fraction of sp³-hybridized carbons (Fsp3) is 0.286. The standard InChI is InChI=1S/C14H15N3/c1-3-10(2)17-13-4-6-15-8-11(13)12-9-16-7-5-14(12)17/h4-10H,3H2,1-2H3. The van der Waals surface area contributed by atoms with E-state index >= 15 is 0 Å². The Hall–Kier alpha value is -1.90. The number of pyridine rings is 2. The highest BCUT2D eigenvalue weighted by molar-refractivity contribution is 6.07. The van der Waals surface area contributed by atoms with E-state index in [-0.39, 0.29) is 0 Å². The topological polar surface area (TPSA) is 30.7 Å². The molecule has 17 heavy (non-hydrogen) atoms. The number of fused-ring (bicyclic) bond motifs is 3. The van der Waals surface area contributed by atoms with Gasteiger partial charge in [0.2, 0.25) is 0 Å². The summed E-state index contributed by atoms with van der Waals surface area (Å²) in [4.78, 5) is 8.44. The molecule has 0 radical (unpaired) electrons. The van der Waals surface area contributed by atoms with Gasteiger partial charge in [-0.3, -0.25) is 9.97 Å². The maximum atomic E-state index is 4.22. The Bertz CT molecular complexity index is 616. The normalized spacial score (nSPS) is 13.3. The Morgan fingerprint density at radius 1 is 1.06 bits per heavy atom. The zero-order valence-electron chi connectivity index (χ0n) is 10.1. The highest BCUT2D eigenvalue weighted by Gasteiger charge is 2.13. The van der Waals surface area contributed by atoms with Crippen molar-refractivity contribution in [3.05, 3.63) is 36.9 Å². The van der Waals surface area contributed by atoms with Crippen LogP contribution in [0.3, 0.4) is 0 Å². The van der Waals surface area contributed by atoms with E-state index in [4.69, 9.17) is 0 Å². The number of hydrogen-bond acceptors (Lipinski definition) is 2. The van der Waals surface area contributed by atoms with Crippen LogP contribution in [0.4, 0.5) is 0 Å². The molecule has 3 heteroatoms. The average molecular weight is 225 g/mol. The van der Waals surface area contributed by atoms with Gasteiger partial charge in [-0.25, -0.2) is 0 Å². The number of aromatic nitrogens is 3.